The molecule has 0 aliphatic carbocycles. The van der Waals surface area contributed by atoms with Crippen LogP contribution < -0.4 is 56.5 Å². The summed E-state index contributed by atoms with van der Waals surface area (Å²) in [5.41, 5.74) is 0.604. The molecule has 0 saturated carbocycles. The standard InChI is InChI=1S/C6H6NO.K/c8-5-6-3-1-2-4-7-6;/h1-4H,5H2;/q-1;+1. The molecule has 0 radical (unpaired) electrons. The van der Waals surface area contributed by atoms with Gasteiger partial charge in [0.05, 0.1) is 0 Å². The summed E-state index contributed by atoms with van der Waals surface area (Å²) in [6, 6.07) is 5.31. The minimum Gasteiger partial charge on any atom is -0.850 e. The number of hydrogen-bond acceptors (Lipinski definition) is 2. The van der Waals surface area contributed by atoms with Gasteiger partial charge >= 0.3 is 51.4 Å². The minimum atomic E-state index is -0.221. The van der Waals surface area contributed by atoms with E-state index in [-0.39, 0.29) is 58.0 Å². The Kier molecular flexibility index (Phi) is 5.98. The number of rotatable bonds is 1. The Labute approximate surface area is 96.7 Å². The minimum absolute atomic E-state index is 0. The topological polar surface area (TPSA) is 36.0 Å². The monoisotopic (exact) mass is 147 g/mol. The van der Waals surface area contributed by atoms with Crippen molar-refractivity contribution in [2.24, 2.45) is 0 Å². The van der Waals surface area contributed by atoms with E-state index in [9.17, 15) is 5.11 Å². The van der Waals surface area contributed by atoms with Crippen LogP contribution >= 0.6 is 0 Å². The summed E-state index contributed by atoms with van der Waals surface area (Å²) < 4.78 is 0. The zero-order valence-corrected chi connectivity index (χ0v) is 8.50. The van der Waals surface area contributed by atoms with Gasteiger partial charge in [-0.1, -0.05) is 12.7 Å². The molecule has 9 heavy (non-hydrogen) atoms. The predicted octanol–water partition coefficient (Wildman–Crippen LogP) is -3.05. The van der Waals surface area contributed by atoms with Crippen LogP contribution in [0.4, 0.5) is 0 Å². The van der Waals surface area contributed by atoms with Crippen LogP contribution in [0.1, 0.15) is 5.69 Å². The summed E-state index contributed by atoms with van der Waals surface area (Å²) >= 11 is 0. The molecule has 0 unspecified atom stereocenters. The molecule has 0 aromatic carbocycles. The number of nitrogens with zero attached hydrogens (tertiary/aromatic N) is 1. The molecule has 2 nitrogen and oxygen atoms in total. The van der Waals surface area contributed by atoms with Gasteiger partial charge in [0, 0.05) is 11.9 Å². The average Bonchev–Trinajstić information content (AvgIpc) is 1.90. The maximum atomic E-state index is 10.1. The average molecular weight is 147 g/mol. The fraction of sp³-hybridized carbons (Fsp3) is 0.167. The first-order valence-corrected chi connectivity index (χ1v) is 2.41. The molecule has 0 aliphatic heterocycles. The van der Waals surface area contributed by atoms with Crippen LogP contribution in [-0.2, 0) is 6.61 Å². The van der Waals surface area contributed by atoms with Gasteiger partial charge in [-0.15, -0.1) is 0 Å². The van der Waals surface area contributed by atoms with E-state index in [1.165, 1.54) is 0 Å². The summed E-state index contributed by atoms with van der Waals surface area (Å²) in [4.78, 5) is 3.78. The van der Waals surface area contributed by atoms with Crippen molar-refractivity contribution in [2.75, 3.05) is 0 Å². The zero-order chi connectivity index (χ0) is 5.82. The fourth-order valence-corrected chi connectivity index (χ4v) is 0.484. The van der Waals surface area contributed by atoms with E-state index in [2.05, 4.69) is 4.98 Å². The number of aromatic nitrogens is 1. The molecule has 0 fully saturated rings. The second-order valence-corrected chi connectivity index (χ2v) is 1.47. The van der Waals surface area contributed by atoms with E-state index in [0.717, 1.165) is 0 Å². The first-order valence-electron chi connectivity index (χ1n) is 2.41. The summed E-state index contributed by atoms with van der Waals surface area (Å²) in [7, 11) is 0. The van der Waals surface area contributed by atoms with Crippen LogP contribution in [0, 0.1) is 0 Å². The van der Waals surface area contributed by atoms with Crippen molar-refractivity contribution in [2.45, 2.75) is 6.61 Å². The van der Waals surface area contributed by atoms with Crippen LogP contribution in [-0.4, -0.2) is 4.98 Å². The molecule has 0 amide bonds. The van der Waals surface area contributed by atoms with Crippen molar-refractivity contribution < 1.29 is 56.5 Å². The van der Waals surface area contributed by atoms with E-state index in [1.54, 1.807) is 24.4 Å². The maximum absolute atomic E-state index is 10.1. The third kappa shape index (κ3) is 3.45. The van der Waals surface area contributed by atoms with Gasteiger partial charge < -0.3 is 5.11 Å². The Morgan fingerprint density at radius 1 is 1.44 bits per heavy atom. The molecule has 3 heteroatoms. The molecule has 0 atom stereocenters. The van der Waals surface area contributed by atoms with Crippen LogP contribution in [0.15, 0.2) is 24.4 Å². The van der Waals surface area contributed by atoms with E-state index in [4.69, 9.17) is 0 Å². The molecule has 1 aromatic heterocycles. The third-order valence-electron chi connectivity index (χ3n) is 0.874. The Morgan fingerprint density at radius 2 is 2.22 bits per heavy atom. The van der Waals surface area contributed by atoms with Crippen LogP contribution in [0.2, 0.25) is 0 Å². The SMILES string of the molecule is [K+].[O-]Cc1ccccn1. The van der Waals surface area contributed by atoms with E-state index < -0.39 is 0 Å². The second kappa shape index (κ2) is 5.53. The molecule has 0 N–H and O–H groups in total. The molecular weight excluding hydrogens is 141 g/mol. The molecule has 1 heterocycles. The Bertz CT molecular complexity index is 154. The van der Waals surface area contributed by atoms with Crippen LogP contribution in [0.3, 0.4) is 0 Å². The Hall–Kier alpha value is 0.746. The van der Waals surface area contributed by atoms with Gasteiger partial charge in [0.2, 0.25) is 0 Å². The molecule has 0 saturated heterocycles. The van der Waals surface area contributed by atoms with Crippen molar-refractivity contribution in [3.8, 4) is 0 Å². The van der Waals surface area contributed by atoms with Crippen molar-refractivity contribution in [3.63, 3.8) is 0 Å². The smallest absolute Gasteiger partial charge is 0.850 e. The van der Waals surface area contributed by atoms with Crippen molar-refractivity contribution in [3.05, 3.63) is 30.1 Å². The number of pyridine rings is 1. The third-order valence-corrected chi connectivity index (χ3v) is 0.874. The Balaban J connectivity index is 0.000000640. The van der Waals surface area contributed by atoms with Crippen LogP contribution in [0.25, 0.3) is 0 Å². The van der Waals surface area contributed by atoms with E-state index in [0.29, 0.717) is 5.69 Å². The van der Waals surface area contributed by atoms with Gasteiger partial charge in [-0.05, 0) is 12.1 Å². The summed E-state index contributed by atoms with van der Waals surface area (Å²) in [6.45, 7) is -0.221. The normalized spacial score (nSPS) is 8.11. The first-order chi connectivity index (χ1) is 3.93. The van der Waals surface area contributed by atoms with E-state index >= 15 is 0 Å². The quantitative estimate of drug-likeness (QED) is 0.396. The fourth-order valence-electron chi connectivity index (χ4n) is 0.484. The molecule has 0 spiro atoms. The van der Waals surface area contributed by atoms with Crippen molar-refractivity contribution in [1.82, 2.24) is 4.98 Å². The predicted molar refractivity (Wildman–Crippen MR) is 27.9 cm³/mol. The molecule has 0 aliphatic rings. The summed E-state index contributed by atoms with van der Waals surface area (Å²) in [6.07, 6.45) is 1.62. The first kappa shape index (κ1) is 9.75. The second-order valence-electron chi connectivity index (χ2n) is 1.47. The largest absolute Gasteiger partial charge is 1.00 e. The molecule has 0 bridgehead atoms. The maximum Gasteiger partial charge on any atom is 1.00 e. The summed E-state index contributed by atoms with van der Waals surface area (Å²) in [5.74, 6) is 0. The van der Waals surface area contributed by atoms with Gasteiger partial charge in [0.25, 0.3) is 0 Å². The van der Waals surface area contributed by atoms with Gasteiger partial charge in [-0.2, -0.15) is 0 Å². The molecule has 1 rings (SSSR count). The number of hydrogen-bond donors (Lipinski definition) is 0. The summed E-state index contributed by atoms with van der Waals surface area (Å²) in [5, 5.41) is 10.1. The van der Waals surface area contributed by atoms with Crippen molar-refractivity contribution >= 4 is 0 Å². The van der Waals surface area contributed by atoms with Gasteiger partial charge in [-0.25, -0.2) is 0 Å². The Morgan fingerprint density at radius 3 is 2.56 bits per heavy atom. The van der Waals surface area contributed by atoms with Gasteiger partial charge in [0.15, 0.2) is 0 Å². The van der Waals surface area contributed by atoms with Crippen LogP contribution in [0.5, 0.6) is 0 Å². The van der Waals surface area contributed by atoms with Crippen molar-refractivity contribution in [1.29, 1.82) is 0 Å². The molecular formula is C6H6KNO. The zero-order valence-electron chi connectivity index (χ0n) is 5.37. The van der Waals surface area contributed by atoms with Gasteiger partial charge in [0.1, 0.15) is 0 Å². The molecule has 42 valence electrons. The van der Waals surface area contributed by atoms with Gasteiger partial charge in [-0.3, -0.25) is 4.98 Å². The molecule has 1 aromatic rings. The van der Waals surface area contributed by atoms with E-state index in [1.807, 2.05) is 0 Å².